The number of benzene rings is 1. The molecular weight excluding hydrogens is 264 g/mol. The summed E-state index contributed by atoms with van der Waals surface area (Å²) >= 11 is 0. The van der Waals surface area contributed by atoms with Crippen LogP contribution in [0, 0.1) is 11.6 Å². The van der Waals surface area contributed by atoms with E-state index < -0.39 is 11.6 Å². The maximum Gasteiger partial charge on any atom is 0.165 e. The van der Waals surface area contributed by atoms with Crippen LogP contribution in [0.3, 0.4) is 0 Å². The first-order chi connectivity index (χ1) is 9.60. The Bertz CT molecular complexity index is 493. The molecule has 2 unspecified atom stereocenters. The molecule has 3 rings (SSSR count). The maximum atomic E-state index is 13.6. The fourth-order valence-corrected chi connectivity index (χ4v) is 2.91. The summed E-state index contributed by atoms with van der Waals surface area (Å²) in [6, 6.07) is 3.71. The van der Waals surface area contributed by atoms with Crippen LogP contribution in [-0.2, 0) is 0 Å². The van der Waals surface area contributed by atoms with Crippen LogP contribution in [0.25, 0.3) is 0 Å². The SMILES string of the molecule is OCC1(NC2CC2)CCC(Oc2cc(F)ccc2F)C1. The maximum absolute atomic E-state index is 13.6. The highest BCUT2D eigenvalue weighted by Gasteiger charge is 2.43. The van der Waals surface area contributed by atoms with E-state index in [9.17, 15) is 13.9 Å². The molecule has 2 fully saturated rings. The van der Waals surface area contributed by atoms with E-state index in [1.807, 2.05) is 0 Å². The van der Waals surface area contributed by atoms with Crippen LogP contribution in [0.4, 0.5) is 8.78 Å². The molecule has 2 atom stereocenters. The van der Waals surface area contributed by atoms with Crippen molar-refractivity contribution < 1.29 is 18.6 Å². The number of hydrogen-bond acceptors (Lipinski definition) is 3. The highest BCUT2D eigenvalue weighted by atomic mass is 19.1. The van der Waals surface area contributed by atoms with E-state index in [1.54, 1.807) is 0 Å². The van der Waals surface area contributed by atoms with Gasteiger partial charge in [-0.3, -0.25) is 0 Å². The Morgan fingerprint density at radius 2 is 2.10 bits per heavy atom. The molecule has 1 aromatic carbocycles. The zero-order valence-electron chi connectivity index (χ0n) is 11.2. The third-order valence-electron chi connectivity index (χ3n) is 4.14. The van der Waals surface area contributed by atoms with Gasteiger partial charge in [0.05, 0.1) is 6.61 Å². The molecule has 0 bridgehead atoms. The van der Waals surface area contributed by atoms with Crippen molar-refractivity contribution in [1.82, 2.24) is 5.32 Å². The monoisotopic (exact) mass is 283 g/mol. The van der Waals surface area contributed by atoms with Crippen molar-refractivity contribution in [3.63, 3.8) is 0 Å². The van der Waals surface area contributed by atoms with Gasteiger partial charge in [0.2, 0.25) is 0 Å². The first-order valence-electron chi connectivity index (χ1n) is 7.10. The third-order valence-corrected chi connectivity index (χ3v) is 4.14. The lowest BCUT2D eigenvalue weighted by Gasteiger charge is -2.28. The van der Waals surface area contributed by atoms with Crippen molar-refractivity contribution in [1.29, 1.82) is 0 Å². The van der Waals surface area contributed by atoms with Gasteiger partial charge in [0, 0.05) is 24.1 Å². The van der Waals surface area contributed by atoms with Crippen LogP contribution >= 0.6 is 0 Å². The van der Waals surface area contributed by atoms with E-state index in [0.29, 0.717) is 12.5 Å². The summed E-state index contributed by atoms with van der Waals surface area (Å²) in [6.07, 6.45) is 4.25. The molecule has 2 aliphatic rings. The van der Waals surface area contributed by atoms with E-state index >= 15 is 0 Å². The van der Waals surface area contributed by atoms with Crippen LogP contribution < -0.4 is 10.1 Å². The van der Waals surface area contributed by atoms with Gasteiger partial charge in [-0.2, -0.15) is 0 Å². The van der Waals surface area contributed by atoms with Crippen LogP contribution in [0.5, 0.6) is 5.75 Å². The van der Waals surface area contributed by atoms with Crippen LogP contribution in [0.15, 0.2) is 18.2 Å². The van der Waals surface area contributed by atoms with Gasteiger partial charge < -0.3 is 15.2 Å². The lowest BCUT2D eigenvalue weighted by atomic mass is 9.98. The Morgan fingerprint density at radius 3 is 2.80 bits per heavy atom. The van der Waals surface area contributed by atoms with Crippen molar-refractivity contribution in [2.24, 2.45) is 0 Å². The zero-order chi connectivity index (χ0) is 14.2. The Balaban J connectivity index is 1.65. The van der Waals surface area contributed by atoms with Crippen molar-refractivity contribution in [2.45, 2.75) is 49.8 Å². The molecule has 1 aromatic rings. The van der Waals surface area contributed by atoms with Gasteiger partial charge in [0.15, 0.2) is 11.6 Å². The van der Waals surface area contributed by atoms with Crippen LogP contribution in [0.1, 0.15) is 32.1 Å². The molecule has 5 heteroatoms. The minimum Gasteiger partial charge on any atom is -0.487 e. The average molecular weight is 283 g/mol. The summed E-state index contributed by atoms with van der Waals surface area (Å²) in [5, 5.41) is 13.1. The molecule has 3 nitrogen and oxygen atoms in total. The zero-order valence-corrected chi connectivity index (χ0v) is 11.2. The first-order valence-corrected chi connectivity index (χ1v) is 7.10. The second kappa shape index (κ2) is 5.30. The number of aliphatic hydroxyl groups is 1. The summed E-state index contributed by atoms with van der Waals surface area (Å²) in [5.41, 5.74) is -0.324. The van der Waals surface area contributed by atoms with E-state index in [1.165, 1.54) is 0 Å². The van der Waals surface area contributed by atoms with Crippen molar-refractivity contribution >= 4 is 0 Å². The van der Waals surface area contributed by atoms with E-state index in [2.05, 4.69) is 5.32 Å². The number of halogens is 2. The summed E-state index contributed by atoms with van der Waals surface area (Å²) in [4.78, 5) is 0. The summed E-state index contributed by atoms with van der Waals surface area (Å²) in [7, 11) is 0. The molecule has 0 amide bonds. The molecule has 2 saturated carbocycles. The third kappa shape index (κ3) is 2.94. The smallest absolute Gasteiger partial charge is 0.165 e. The molecule has 110 valence electrons. The molecular formula is C15H19F2NO2. The molecule has 2 N–H and O–H groups in total. The molecule has 0 aliphatic heterocycles. The molecule has 0 radical (unpaired) electrons. The van der Waals surface area contributed by atoms with Crippen molar-refractivity contribution in [3.8, 4) is 5.75 Å². The minimum atomic E-state index is -0.553. The number of ether oxygens (including phenoxy) is 1. The quantitative estimate of drug-likeness (QED) is 0.872. The largest absolute Gasteiger partial charge is 0.487 e. The van der Waals surface area contributed by atoms with Gasteiger partial charge in [-0.15, -0.1) is 0 Å². The number of aliphatic hydroxyl groups excluding tert-OH is 1. The fourth-order valence-electron chi connectivity index (χ4n) is 2.91. The molecule has 0 saturated heterocycles. The van der Waals surface area contributed by atoms with Gasteiger partial charge in [-0.25, -0.2) is 8.78 Å². The molecule has 0 aromatic heterocycles. The number of rotatable bonds is 5. The normalized spacial score (nSPS) is 29.6. The average Bonchev–Trinajstić information content (AvgIpc) is 3.14. The topological polar surface area (TPSA) is 41.5 Å². The molecule has 2 aliphatic carbocycles. The Hall–Kier alpha value is -1.20. The Kier molecular flexibility index (Phi) is 3.65. The number of nitrogens with one attached hydrogen (secondary N) is 1. The lowest BCUT2D eigenvalue weighted by Crippen LogP contribution is -2.48. The second-order valence-corrected chi connectivity index (χ2v) is 5.91. The summed E-state index contributed by atoms with van der Waals surface area (Å²) in [5.74, 6) is -1.11. The van der Waals surface area contributed by atoms with Crippen LogP contribution in [-0.4, -0.2) is 29.4 Å². The van der Waals surface area contributed by atoms with Gasteiger partial charge in [-0.05, 0) is 37.8 Å². The molecule has 0 spiro atoms. The highest BCUT2D eigenvalue weighted by molar-refractivity contribution is 5.25. The predicted molar refractivity (Wildman–Crippen MR) is 70.6 cm³/mol. The van der Waals surface area contributed by atoms with Gasteiger partial charge in [0.1, 0.15) is 11.9 Å². The molecule has 20 heavy (non-hydrogen) atoms. The Labute approximate surface area is 116 Å². The van der Waals surface area contributed by atoms with E-state index in [-0.39, 0.29) is 24.0 Å². The fraction of sp³-hybridized carbons (Fsp3) is 0.600. The van der Waals surface area contributed by atoms with E-state index in [0.717, 1.165) is 43.9 Å². The Morgan fingerprint density at radius 1 is 1.30 bits per heavy atom. The second-order valence-electron chi connectivity index (χ2n) is 5.91. The predicted octanol–water partition coefficient (Wildman–Crippen LogP) is 2.38. The minimum absolute atomic E-state index is 0.0461. The van der Waals surface area contributed by atoms with E-state index in [4.69, 9.17) is 4.74 Å². The number of hydrogen-bond donors (Lipinski definition) is 2. The lowest BCUT2D eigenvalue weighted by molar-refractivity contribution is 0.136. The van der Waals surface area contributed by atoms with Crippen LogP contribution in [0.2, 0.25) is 0 Å². The summed E-state index contributed by atoms with van der Waals surface area (Å²) in [6.45, 7) is 0.0506. The molecule has 0 heterocycles. The van der Waals surface area contributed by atoms with Gasteiger partial charge in [-0.1, -0.05) is 0 Å². The van der Waals surface area contributed by atoms with Crippen molar-refractivity contribution in [2.75, 3.05) is 6.61 Å². The summed E-state index contributed by atoms with van der Waals surface area (Å²) < 4.78 is 32.3. The van der Waals surface area contributed by atoms with Gasteiger partial charge >= 0.3 is 0 Å². The van der Waals surface area contributed by atoms with Crippen molar-refractivity contribution in [3.05, 3.63) is 29.8 Å². The highest BCUT2D eigenvalue weighted by Crippen LogP contribution is 2.36. The standard InChI is InChI=1S/C15H19F2NO2/c16-10-1-4-13(17)14(7-10)20-12-5-6-15(8-12,9-19)18-11-2-3-11/h1,4,7,11-12,18-19H,2-3,5-6,8-9H2. The first kappa shape index (κ1) is 13.8. The van der Waals surface area contributed by atoms with Gasteiger partial charge in [0.25, 0.3) is 0 Å².